The number of nitrogens with zero attached hydrogens (tertiary/aromatic N) is 3. The SMILES string of the molecule is N#CCSc1ncccn1. The quantitative estimate of drug-likeness (QED) is 0.469. The zero-order valence-electron chi connectivity index (χ0n) is 5.19. The maximum atomic E-state index is 8.20. The molecule has 10 heavy (non-hydrogen) atoms. The third-order valence-corrected chi connectivity index (χ3v) is 1.55. The first-order chi connectivity index (χ1) is 4.93. The van der Waals surface area contributed by atoms with Gasteiger partial charge in [0.2, 0.25) is 0 Å². The van der Waals surface area contributed by atoms with Gasteiger partial charge in [0, 0.05) is 12.4 Å². The third kappa shape index (κ3) is 2.03. The van der Waals surface area contributed by atoms with Gasteiger partial charge in [0.1, 0.15) is 0 Å². The Bertz CT molecular complexity index is 228. The molecule has 0 N–H and O–H groups in total. The predicted molar refractivity (Wildman–Crippen MR) is 38.4 cm³/mol. The van der Waals surface area contributed by atoms with Crippen LogP contribution in [0.3, 0.4) is 0 Å². The molecule has 0 aromatic carbocycles. The van der Waals surface area contributed by atoms with Crippen LogP contribution in [-0.2, 0) is 0 Å². The lowest BCUT2D eigenvalue weighted by atomic mass is 10.7. The smallest absolute Gasteiger partial charge is 0.188 e. The van der Waals surface area contributed by atoms with Crippen LogP contribution in [0.2, 0.25) is 0 Å². The molecule has 1 rings (SSSR count). The fourth-order valence-corrected chi connectivity index (χ4v) is 0.921. The molecule has 0 spiro atoms. The van der Waals surface area contributed by atoms with Gasteiger partial charge in [-0.1, -0.05) is 11.8 Å². The number of rotatable bonds is 2. The highest BCUT2D eigenvalue weighted by atomic mass is 32.2. The first-order valence-corrected chi connectivity index (χ1v) is 3.69. The van der Waals surface area contributed by atoms with E-state index in [2.05, 4.69) is 9.97 Å². The summed E-state index contributed by atoms with van der Waals surface area (Å²) in [7, 11) is 0. The second-order valence-electron chi connectivity index (χ2n) is 1.48. The van der Waals surface area contributed by atoms with Crippen molar-refractivity contribution in [1.82, 2.24) is 9.97 Å². The summed E-state index contributed by atoms with van der Waals surface area (Å²) < 4.78 is 0. The van der Waals surface area contributed by atoms with E-state index in [1.54, 1.807) is 18.5 Å². The van der Waals surface area contributed by atoms with Gasteiger partial charge in [0.15, 0.2) is 5.16 Å². The van der Waals surface area contributed by atoms with Crippen LogP contribution < -0.4 is 0 Å². The monoisotopic (exact) mass is 151 g/mol. The molecule has 0 saturated heterocycles. The van der Waals surface area contributed by atoms with Gasteiger partial charge in [0.05, 0.1) is 11.8 Å². The molecule has 0 bridgehead atoms. The highest BCUT2D eigenvalue weighted by Gasteiger charge is 1.91. The summed E-state index contributed by atoms with van der Waals surface area (Å²) >= 11 is 1.34. The Hall–Kier alpha value is -1.08. The van der Waals surface area contributed by atoms with E-state index in [9.17, 15) is 0 Å². The van der Waals surface area contributed by atoms with E-state index in [-0.39, 0.29) is 0 Å². The molecule has 0 aliphatic heterocycles. The predicted octanol–water partition coefficient (Wildman–Crippen LogP) is 1.09. The van der Waals surface area contributed by atoms with Crippen LogP contribution >= 0.6 is 11.8 Å². The first kappa shape index (κ1) is 7.03. The second-order valence-corrected chi connectivity index (χ2v) is 2.42. The van der Waals surface area contributed by atoms with Crippen LogP contribution in [0.15, 0.2) is 23.6 Å². The van der Waals surface area contributed by atoms with Crippen molar-refractivity contribution in [2.75, 3.05) is 5.75 Å². The highest BCUT2D eigenvalue weighted by molar-refractivity contribution is 7.99. The van der Waals surface area contributed by atoms with Crippen molar-refractivity contribution >= 4 is 11.8 Å². The molecule has 0 aliphatic rings. The van der Waals surface area contributed by atoms with Crippen LogP contribution in [0.5, 0.6) is 0 Å². The fourth-order valence-electron chi connectivity index (χ4n) is 0.457. The molecular formula is C6H5N3S. The Labute approximate surface area is 63.1 Å². The molecule has 0 amide bonds. The van der Waals surface area contributed by atoms with Crippen molar-refractivity contribution in [1.29, 1.82) is 5.26 Å². The van der Waals surface area contributed by atoms with E-state index in [4.69, 9.17) is 5.26 Å². The number of hydrogen-bond donors (Lipinski definition) is 0. The lowest BCUT2D eigenvalue weighted by molar-refractivity contribution is 0.969. The minimum Gasteiger partial charge on any atom is -0.231 e. The van der Waals surface area contributed by atoms with Crippen LogP contribution in [0.1, 0.15) is 0 Å². The van der Waals surface area contributed by atoms with Gasteiger partial charge in [-0.25, -0.2) is 9.97 Å². The lowest BCUT2D eigenvalue weighted by Gasteiger charge is -1.90. The largest absolute Gasteiger partial charge is 0.231 e. The Morgan fingerprint density at radius 3 is 2.80 bits per heavy atom. The molecule has 1 aromatic rings. The zero-order valence-corrected chi connectivity index (χ0v) is 6.01. The summed E-state index contributed by atoms with van der Waals surface area (Å²) in [5, 5.41) is 8.86. The third-order valence-electron chi connectivity index (χ3n) is 0.808. The molecule has 0 radical (unpaired) electrons. The van der Waals surface area contributed by atoms with Crippen LogP contribution in [0.4, 0.5) is 0 Å². The van der Waals surface area contributed by atoms with Crippen molar-refractivity contribution in [2.24, 2.45) is 0 Å². The van der Waals surface area contributed by atoms with E-state index in [1.165, 1.54) is 11.8 Å². The van der Waals surface area contributed by atoms with Crippen molar-refractivity contribution in [2.45, 2.75) is 5.16 Å². The number of aromatic nitrogens is 2. The van der Waals surface area contributed by atoms with Gasteiger partial charge in [-0.05, 0) is 6.07 Å². The van der Waals surface area contributed by atoms with Crippen LogP contribution in [0.25, 0.3) is 0 Å². The standard InChI is InChI=1S/C6H5N3S/c7-2-5-10-6-8-3-1-4-9-6/h1,3-4H,5H2. The number of nitriles is 1. The maximum absolute atomic E-state index is 8.20. The van der Waals surface area contributed by atoms with E-state index >= 15 is 0 Å². The van der Waals surface area contributed by atoms with Gasteiger partial charge in [0.25, 0.3) is 0 Å². The lowest BCUT2D eigenvalue weighted by Crippen LogP contribution is -1.82. The molecule has 1 aromatic heterocycles. The molecule has 3 nitrogen and oxygen atoms in total. The van der Waals surface area contributed by atoms with E-state index in [0.29, 0.717) is 10.9 Å². The van der Waals surface area contributed by atoms with E-state index in [1.807, 2.05) is 6.07 Å². The summed E-state index contributed by atoms with van der Waals surface area (Å²) in [6.45, 7) is 0. The fraction of sp³-hybridized carbons (Fsp3) is 0.167. The van der Waals surface area contributed by atoms with Crippen molar-refractivity contribution in [3.05, 3.63) is 18.5 Å². The van der Waals surface area contributed by atoms with Gasteiger partial charge < -0.3 is 0 Å². The summed E-state index contributed by atoms with van der Waals surface area (Å²) in [6.07, 6.45) is 3.32. The summed E-state index contributed by atoms with van der Waals surface area (Å²) in [5.41, 5.74) is 0. The molecule has 1 heterocycles. The Morgan fingerprint density at radius 2 is 2.20 bits per heavy atom. The zero-order chi connectivity index (χ0) is 7.23. The summed E-state index contributed by atoms with van der Waals surface area (Å²) in [4.78, 5) is 7.83. The van der Waals surface area contributed by atoms with Crippen molar-refractivity contribution < 1.29 is 0 Å². The topological polar surface area (TPSA) is 49.6 Å². The number of hydrogen-bond acceptors (Lipinski definition) is 4. The highest BCUT2D eigenvalue weighted by Crippen LogP contribution is 2.08. The molecule has 0 fully saturated rings. The first-order valence-electron chi connectivity index (χ1n) is 2.70. The molecule has 4 heteroatoms. The van der Waals surface area contributed by atoms with Crippen molar-refractivity contribution in [3.8, 4) is 6.07 Å². The molecule has 0 aliphatic carbocycles. The average molecular weight is 151 g/mol. The molecular weight excluding hydrogens is 146 g/mol. The molecule has 0 saturated carbocycles. The van der Waals surface area contributed by atoms with Crippen LogP contribution in [-0.4, -0.2) is 15.7 Å². The Kier molecular flexibility index (Phi) is 2.71. The molecule has 50 valence electrons. The Balaban J connectivity index is 2.52. The van der Waals surface area contributed by atoms with Gasteiger partial charge in [-0.15, -0.1) is 0 Å². The maximum Gasteiger partial charge on any atom is 0.188 e. The molecule has 0 atom stereocenters. The van der Waals surface area contributed by atoms with E-state index < -0.39 is 0 Å². The Morgan fingerprint density at radius 1 is 1.50 bits per heavy atom. The second kappa shape index (κ2) is 3.85. The van der Waals surface area contributed by atoms with Gasteiger partial charge in [-0.2, -0.15) is 5.26 Å². The van der Waals surface area contributed by atoms with Gasteiger partial charge >= 0.3 is 0 Å². The minimum atomic E-state index is 0.407. The van der Waals surface area contributed by atoms with Crippen molar-refractivity contribution in [3.63, 3.8) is 0 Å². The summed E-state index contributed by atoms with van der Waals surface area (Å²) in [5.74, 6) is 0.407. The molecule has 0 unspecified atom stereocenters. The van der Waals surface area contributed by atoms with E-state index in [0.717, 1.165) is 0 Å². The summed E-state index contributed by atoms with van der Waals surface area (Å²) in [6, 6.07) is 3.75. The average Bonchev–Trinajstić information content (AvgIpc) is 2.03. The van der Waals surface area contributed by atoms with Crippen LogP contribution in [0, 0.1) is 11.3 Å². The van der Waals surface area contributed by atoms with Gasteiger partial charge in [-0.3, -0.25) is 0 Å². The minimum absolute atomic E-state index is 0.407. The normalized spacial score (nSPS) is 8.70. The number of thioether (sulfide) groups is 1.